The van der Waals surface area contributed by atoms with Crippen LogP contribution in [0.5, 0.6) is 5.88 Å². The first kappa shape index (κ1) is 20.0. The summed E-state index contributed by atoms with van der Waals surface area (Å²) in [6.45, 7) is 1.91. The topological polar surface area (TPSA) is 84.4 Å². The molecule has 7 nitrogen and oxygen atoms in total. The molecule has 160 valence electrons. The van der Waals surface area contributed by atoms with Crippen molar-refractivity contribution in [1.29, 1.82) is 0 Å². The van der Waals surface area contributed by atoms with E-state index in [2.05, 4.69) is 15.3 Å². The zero-order valence-electron chi connectivity index (χ0n) is 16.8. The summed E-state index contributed by atoms with van der Waals surface area (Å²) in [7, 11) is -3.14. The van der Waals surface area contributed by atoms with Gasteiger partial charge in [-0.1, -0.05) is 23.7 Å². The van der Waals surface area contributed by atoms with Crippen LogP contribution >= 0.6 is 11.6 Å². The zero-order valence-corrected chi connectivity index (χ0v) is 18.4. The van der Waals surface area contributed by atoms with Crippen LogP contribution in [0.3, 0.4) is 0 Å². The fourth-order valence-corrected chi connectivity index (χ4v) is 7.13. The minimum absolute atomic E-state index is 0.0437. The smallest absolute Gasteiger partial charge is 0.221 e. The van der Waals surface area contributed by atoms with Gasteiger partial charge < -0.3 is 10.1 Å². The molecule has 3 heterocycles. The summed E-state index contributed by atoms with van der Waals surface area (Å²) in [5.74, 6) is 1.17. The van der Waals surface area contributed by atoms with Crippen LogP contribution in [0.1, 0.15) is 44.1 Å². The van der Waals surface area contributed by atoms with Crippen molar-refractivity contribution in [3.63, 3.8) is 0 Å². The van der Waals surface area contributed by atoms with Crippen LogP contribution in [0.25, 0.3) is 0 Å². The number of benzene rings is 1. The molecule has 2 atom stereocenters. The second-order valence-corrected chi connectivity index (χ2v) is 11.0. The molecule has 30 heavy (non-hydrogen) atoms. The Bertz CT molecular complexity index is 1050. The highest BCUT2D eigenvalue weighted by atomic mass is 35.5. The fraction of sp³-hybridized carbons (Fsp3) is 0.524. The number of aromatic nitrogens is 2. The van der Waals surface area contributed by atoms with Gasteiger partial charge in [-0.25, -0.2) is 18.4 Å². The molecule has 0 amide bonds. The number of rotatable bonds is 6. The quantitative estimate of drug-likeness (QED) is 0.717. The number of halogens is 1. The summed E-state index contributed by atoms with van der Waals surface area (Å²) >= 11 is 6.25. The average molecular weight is 449 g/mol. The average Bonchev–Trinajstić information content (AvgIpc) is 3.53. The summed E-state index contributed by atoms with van der Waals surface area (Å²) in [6.07, 6.45) is 6.28. The SMILES string of the molecule is Cc1c(Nc2ccccc2Cl)ncnc1OC1CC2CCC(C1)N2S(=O)(=O)C1CC1. The normalized spacial score (nSPS) is 26.5. The second kappa shape index (κ2) is 7.66. The van der Waals surface area contributed by atoms with E-state index < -0.39 is 10.0 Å². The maximum absolute atomic E-state index is 12.8. The molecule has 1 aliphatic carbocycles. The second-order valence-electron chi connectivity index (χ2n) is 8.43. The van der Waals surface area contributed by atoms with Crippen LogP contribution in [0, 0.1) is 6.92 Å². The van der Waals surface area contributed by atoms with Crippen molar-refractivity contribution >= 4 is 33.1 Å². The molecule has 9 heteroatoms. The van der Waals surface area contributed by atoms with Gasteiger partial charge in [-0.2, -0.15) is 4.31 Å². The minimum Gasteiger partial charge on any atom is -0.474 e. The predicted octanol–water partition coefficient (Wildman–Crippen LogP) is 4.05. The molecule has 2 unspecified atom stereocenters. The van der Waals surface area contributed by atoms with Crippen LogP contribution in [0.2, 0.25) is 5.02 Å². The van der Waals surface area contributed by atoms with Gasteiger partial charge in [-0.05, 0) is 44.7 Å². The molecular weight excluding hydrogens is 424 g/mol. The maximum Gasteiger partial charge on any atom is 0.221 e. The number of para-hydroxylation sites is 1. The van der Waals surface area contributed by atoms with Gasteiger partial charge >= 0.3 is 0 Å². The van der Waals surface area contributed by atoms with Crippen molar-refractivity contribution in [2.24, 2.45) is 0 Å². The summed E-state index contributed by atoms with van der Waals surface area (Å²) in [4.78, 5) is 8.67. The molecule has 1 saturated carbocycles. The molecule has 0 radical (unpaired) electrons. The molecule has 3 fully saturated rings. The van der Waals surface area contributed by atoms with Crippen LogP contribution in [0.4, 0.5) is 11.5 Å². The van der Waals surface area contributed by atoms with Crippen LogP contribution in [-0.2, 0) is 10.0 Å². The molecule has 2 bridgehead atoms. The fourth-order valence-electron chi connectivity index (χ4n) is 4.66. The molecule has 1 N–H and O–H groups in total. The Labute approximate surface area is 181 Å². The lowest BCUT2D eigenvalue weighted by Gasteiger charge is -2.37. The lowest BCUT2D eigenvalue weighted by molar-refractivity contribution is 0.0910. The van der Waals surface area contributed by atoms with Crippen LogP contribution in [-0.4, -0.2) is 46.1 Å². The first-order valence-corrected chi connectivity index (χ1v) is 12.3. The molecular formula is C21H25ClN4O3S. The number of anilines is 2. The number of hydrogen-bond donors (Lipinski definition) is 1. The first-order valence-electron chi connectivity index (χ1n) is 10.5. The number of nitrogens with zero attached hydrogens (tertiary/aromatic N) is 3. The standard InChI is InChI=1S/C21H25ClN4O3S/c1-13-20(25-19-5-3-2-4-18(19)22)23-12-24-21(13)29-16-10-14-6-7-15(11-16)26(14)30(27,28)17-8-9-17/h2-5,12,14-17H,6-11H2,1H3,(H,23,24,25). The Hall–Kier alpha value is -1.90. The molecule has 2 aliphatic heterocycles. The Kier molecular flexibility index (Phi) is 5.11. The van der Waals surface area contributed by atoms with Gasteiger partial charge in [0.2, 0.25) is 15.9 Å². The Morgan fingerprint density at radius 3 is 2.47 bits per heavy atom. The van der Waals surface area contributed by atoms with E-state index in [1.54, 1.807) is 0 Å². The number of piperidine rings is 1. The van der Waals surface area contributed by atoms with Crippen molar-refractivity contribution < 1.29 is 13.2 Å². The van der Waals surface area contributed by atoms with E-state index in [0.717, 1.165) is 36.9 Å². The number of sulfonamides is 1. The van der Waals surface area contributed by atoms with Gasteiger partial charge in [-0.3, -0.25) is 0 Å². The van der Waals surface area contributed by atoms with Gasteiger partial charge in [0.05, 0.1) is 21.5 Å². The highest BCUT2D eigenvalue weighted by Gasteiger charge is 2.52. The third-order valence-electron chi connectivity index (χ3n) is 6.31. The third kappa shape index (κ3) is 3.65. The lowest BCUT2D eigenvalue weighted by atomic mass is 10.0. The van der Waals surface area contributed by atoms with E-state index in [0.29, 0.717) is 29.6 Å². The molecule has 2 aromatic rings. The van der Waals surface area contributed by atoms with Gasteiger partial charge in [0.15, 0.2) is 0 Å². The molecule has 1 aromatic heterocycles. The first-order chi connectivity index (χ1) is 14.4. The van der Waals surface area contributed by atoms with Gasteiger partial charge in [0, 0.05) is 24.9 Å². The van der Waals surface area contributed by atoms with Crippen LogP contribution in [0.15, 0.2) is 30.6 Å². The van der Waals surface area contributed by atoms with Gasteiger partial charge in [0.1, 0.15) is 18.2 Å². The zero-order chi connectivity index (χ0) is 20.9. The number of hydrogen-bond acceptors (Lipinski definition) is 6. The van der Waals surface area contributed by atoms with E-state index in [1.165, 1.54) is 6.33 Å². The molecule has 1 aromatic carbocycles. The monoisotopic (exact) mass is 448 g/mol. The molecule has 3 aliphatic rings. The molecule has 2 saturated heterocycles. The summed E-state index contributed by atoms with van der Waals surface area (Å²) in [6, 6.07) is 7.57. The van der Waals surface area contributed by atoms with Crippen molar-refractivity contribution in [1.82, 2.24) is 14.3 Å². The van der Waals surface area contributed by atoms with E-state index in [1.807, 2.05) is 35.5 Å². The highest BCUT2D eigenvalue weighted by Crippen LogP contribution is 2.43. The van der Waals surface area contributed by atoms with Gasteiger partial charge in [-0.15, -0.1) is 0 Å². The number of fused-ring (bicyclic) bond motifs is 2. The van der Waals surface area contributed by atoms with E-state index in [-0.39, 0.29) is 23.4 Å². The summed E-state index contributed by atoms with van der Waals surface area (Å²) < 4.78 is 33.7. The van der Waals surface area contributed by atoms with Crippen LogP contribution < -0.4 is 10.1 Å². The number of ether oxygens (including phenoxy) is 1. The van der Waals surface area contributed by atoms with E-state index in [9.17, 15) is 8.42 Å². The van der Waals surface area contributed by atoms with Gasteiger partial charge in [0.25, 0.3) is 0 Å². The Morgan fingerprint density at radius 1 is 1.10 bits per heavy atom. The molecule has 0 spiro atoms. The van der Waals surface area contributed by atoms with E-state index >= 15 is 0 Å². The van der Waals surface area contributed by atoms with E-state index in [4.69, 9.17) is 16.3 Å². The highest BCUT2D eigenvalue weighted by molar-refractivity contribution is 7.90. The van der Waals surface area contributed by atoms with Crippen molar-refractivity contribution in [3.8, 4) is 5.88 Å². The maximum atomic E-state index is 12.8. The van der Waals surface area contributed by atoms with Crippen molar-refractivity contribution in [2.45, 2.75) is 68.9 Å². The Balaban J connectivity index is 1.31. The minimum atomic E-state index is -3.14. The van der Waals surface area contributed by atoms with Crippen molar-refractivity contribution in [3.05, 3.63) is 41.2 Å². The number of nitrogens with one attached hydrogen (secondary N) is 1. The summed E-state index contributed by atoms with van der Waals surface area (Å²) in [5, 5.41) is 3.70. The van der Waals surface area contributed by atoms with Crippen molar-refractivity contribution in [2.75, 3.05) is 5.32 Å². The lowest BCUT2D eigenvalue weighted by Crippen LogP contribution is -2.50. The summed E-state index contributed by atoms with van der Waals surface area (Å²) in [5.41, 5.74) is 1.57. The largest absolute Gasteiger partial charge is 0.474 e. The third-order valence-corrected chi connectivity index (χ3v) is 9.13. The molecule has 5 rings (SSSR count). The Morgan fingerprint density at radius 2 is 1.80 bits per heavy atom. The predicted molar refractivity (Wildman–Crippen MR) is 116 cm³/mol.